The van der Waals surface area contributed by atoms with Crippen molar-refractivity contribution in [2.45, 2.75) is 44.7 Å². The van der Waals surface area contributed by atoms with Crippen LogP contribution in [0.25, 0.3) is 0 Å². The molecule has 2 aliphatic rings. The molecule has 1 unspecified atom stereocenters. The van der Waals surface area contributed by atoms with Gasteiger partial charge in [0.15, 0.2) is 11.5 Å². The molecule has 1 fully saturated rings. The van der Waals surface area contributed by atoms with Gasteiger partial charge in [0.2, 0.25) is 0 Å². The highest BCUT2D eigenvalue weighted by Crippen LogP contribution is 2.44. The standard InChI is InChI=1S/C23H30N2O2/c1-14-5-6-15(2)17(9-14)19-13-25-8-7-16-10-22(26-3)23(27-4)11-18(16)21(25)12-20(19)24/h5-6,9-11,19-21H,7-8,12-13,24H2,1-4H3/t19-,20-,21?/m1/s1. The van der Waals surface area contributed by atoms with Crippen LogP contribution in [0, 0.1) is 13.8 Å². The Labute approximate surface area is 162 Å². The van der Waals surface area contributed by atoms with E-state index in [-0.39, 0.29) is 6.04 Å². The van der Waals surface area contributed by atoms with E-state index in [1.165, 1.54) is 27.8 Å². The van der Waals surface area contributed by atoms with Gasteiger partial charge in [0.1, 0.15) is 0 Å². The van der Waals surface area contributed by atoms with Crippen molar-refractivity contribution in [3.8, 4) is 11.5 Å². The highest BCUT2D eigenvalue weighted by molar-refractivity contribution is 5.50. The number of aryl methyl sites for hydroxylation is 2. The van der Waals surface area contributed by atoms with Crippen LogP contribution in [-0.2, 0) is 6.42 Å². The summed E-state index contributed by atoms with van der Waals surface area (Å²) in [5.41, 5.74) is 13.5. The van der Waals surface area contributed by atoms with Gasteiger partial charge in [-0.25, -0.2) is 0 Å². The van der Waals surface area contributed by atoms with Crippen LogP contribution in [0.2, 0.25) is 0 Å². The molecule has 144 valence electrons. The maximum atomic E-state index is 6.74. The summed E-state index contributed by atoms with van der Waals surface area (Å²) in [5.74, 6) is 2.02. The summed E-state index contributed by atoms with van der Waals surface area (Å²) in [6.45, 7) is 6.46. The number of piperidine rings is 1. The lowest BCUT2D eigenvalue weighted by Gasteiger charge is -2.46. The minimum Gasteiger partial charge on any atom is -0.493 e. The number of ether oxygens (including phenoxy) is 2. The zero-order chi connectivity index (χ0) is 19.1. The zero-order valence-electron chi connectivity index (χ0n) is 16.8. The molecule has 0 amide bonds. The van der Waals surface area contributed by atoms with Gasteiger partial charge >= 0.3 is 0 Å². The minimum absolute atomic E-state index is 0.158. The lowest BCUT2D eigenvalue weighted by Crippen LogP contribution is -2.49. The first kappa shape index (κ1) is 18.3. The van der Waals surface area contributed by atoms with Crippen molar-refractivity contribution in [1.29, 1.82) is 0 Å². The van der Waals surface area contributed by atoms with E-state index in [1.54, 1.807) is 14.2 Å². The van der Waals surface area contributed by atoms with Gasteiger partial charge in [-0.05, 0) is 61.1 Å². The third-order valence-corrected chi connectivity index (χ3v) is 6.39. The molecule has 0 bridgehead atoms. The largest absolute Gasteiger partial charge is 0.493 e. The summed E-state index contributed by atoms with van der Waals surface area (Å²) >= 11 is 0. The monoisotopic (exact) mass is 366 g/mol. The van der Waals surface area contributed by atoms with Crippen molar-refractivity contribution >= 4 is 0 Å². The number of fused-ring (bicyclic) bond motifs is 3. The van der Waals surface area contributed by atoms with Crippen LogP contribution in [-0.4, -0.2) is 38.3 Å². The molecule has 4 nitrogen and oxygen atoms in total. The van der Waals surface area contributed by atoms with E-state index in [9.17, 15) is 0 Å². The second-order valence-corrected chi connectivity index (χ2v) is 8.03. The highest BCUT2D eigenvalue weighted by atomic mass is 16.5. The molecule has 1 saturated heterocycles. The Morgan fingerprint density at radius 1 is 1.00 bits per heavy atom. The summed E-state index contributed by atoms with van der Waals surface area (Å²) < 4.78 is 11.0. The lowest BCUT2D eigenvalue weighted by atomic mass is 9.77. The highest BCUT2D eigenvalue weighted by Gasteiger charge is 2.39. The molecule has 0 spiro atoms. The number of rotatable bonds is 3. The van der Waals surface area contributed by atoms with Gasteiger partial charge in [0, 0.05) is 31.1 Å². The molecule has 27 heavy (non-hydrogen) atoms. The average molecular weight is 367 g/mol. The van der Waals surface area contributed by atoms with E-state index >= 15 is 0 Å². The molecule has 2 aliphatic heterocycles. The number of methoxy groups -OCH3 is 2. The van der Waals surface area contributed by atoms with Crippen LogP contribution in [0.3, 0.4) is 0 Å². The normalized spacial score (nSPS) is 24.9. The van der Waals surface area contributed by atoms with Gasteiger partial charge in [-0.2, -0.15) is 0 Å². The molecule has 0 aliphatic carbocycles. The fourth-order valence-electron chi connectivity index (χ4n) is 4.87. The van der Waals surface area contributed by atoms with Gasteiger partial charge in [0.25, 0.3) is 0 Å². The summed E-state index contributed by atoms with van der Waals surface area (Å²) in [6.07, 6.45) is 2.02. The molecule has 3 atom stereocenters. The predicted molar refractivity (Wildman–Crippen MR) is 109 cm³/mol. The van der Waals surface area contributed by atoms with E-state index in [2.05, 4.69) is 49.1 Å². The Balaban J connectivity index is 1.66. The number of nitrogens with zero attached hydrogens (tertiary/aromatic N) is 1. The van der Waals surface area contributed by atoms with Crippen LogP contribution in [0.15, 0.2) is 30.3 Å². The van der Waals surface area contributed by atoms with Crippen molar-refractivity contribution < 1.29 is 9.47 Å². The Hall–Kier alpha value is -2.04. The topological polar surface area (TPSA) is 47.7 Å². The van der Waals surface area contributed by atoms with Gasteiger partial charge in [-0.15, -0.1) is 0 Å². The van der Waals surface area contributed by atoms with Crippen LogP contribution in [0.5, 0.6) is 11.5 Å². The molecule has 4 heteroatoms. The quantitative estimate of drug-likeness (QED) is 0.899. The lowest BCUT2D eigenvalue weighted by molar-refractivity contribution is 0.109. The van der Waals surface area contributed by atoms with E-state index in [4.69, 9.17) is 15.2 Å². The third kappa shape index (κ3) is 3.21. The third-order valence-electron chi connectivity index (χ3n) is 6.39. The van der Waals surface area contributed by atoms with E-state index in [0.29, 0.717) is 12.0 Å². The number of hydrogen-bond acceptors (Lipinski definition) is 4. The van der Waals surface area contributed by atoms with Gasteiger partial charge in [0.05, 0.1) is 14.2 Å². The summed E-state index contributed by atoms with van der Waals surface area (Å²) in [7, 11) is 3.40. The van der Waals surface area contributed by atoms with Gasteiger partial charge in [-0.1, -0.05) is 23.8 Å². The Kier molecular flexibility index (Phi) is 4.87. The first-order valence-corrected chi connectivity index (χ1v) is 9.83. The molecule has 2 heterocycles. The molecule has 2 aromatic rings. The fraction of sp³-hybridized carbons (Fsp3) is 0.478. The summed E-state index contributed by atoms with van der Waals surface area (Å²) in [6, 6.07) is 11.6. The molecular weight excluding hydrogens is 336 g/mol. The smallest absolute Gasteiger partial charge is 0.161 e. The Morgan fingerprint density at radius 2 is 1.74 bits per heavy atom. The Morgan fingerprint density at radius 3 is 2.48 bits per heavy atom. The van der Waals surface area contributed by atoms with Crippen molar-refractivity contribution in [3.05, 3.63) is 58.1 Å². The van der Waals surface area contributed by atoms with Crippen LogP contribution in [0.1, 0.15) is 46.2 Å². The molecule has 4 rings (SSSR count). The maximum absolute atomic E-state index is 6.74. The van der Waals surface area contributed by atoms with Crippen molar-refractivity contribution in [2.24, 2.45) is 5.73 Å². The first-order valence-electron chi connectivity index (χ1n) is 9.83. The SMILES string of the molecule is COc1cc2c(cc1OC)C1C[C@@H](N)[C@@H](c3cc(C)ccc3C)CN1CC2. The van der Waals surface area contributed by atoms with E-state index < -0.39 is 0 Å². The van der Waals surface area contributed by atoms with E-state index in [1.807, 2.05) is 0 Å². The first-order chi connectivity index (χ1) is 13.0. The minimum atomic E-state index is 0.158. The van der Waals surface area contributed by atoms with Crippen LogP contribution < -0.4 is 15.2 Å². The second kappa shape index (κ2) is 7.17. The molecule has 2 aromatic carbocycles. The number of hydrogen-bond donors (Lipinski definition) is 1. The molecular formula is C23H30N2O2. The average Bonchev–Trinajstić information content (AvgIpc) is 2.68. The Bertz CT molecular complexity index is 849. The number of benzene rings is 2. The van der Waals surface area contributed by atoms with Crippen molar-refractivity contribution in [3.63, 3.8) is 0 Å². The van der Waals surface area contributed by atoms with Crippen molar-refractivity contribution in [1.82, 2.24) is 4.90 Å². The van der Waals surface area contributed by atoms with Crippen LogP contribution >= 0.6 is 0 Å². The summed E-state index contributed by atoms with van der Waals surface area (Å²) in [4.78, 5) is 2.62. The predicted octanol–water partition coefficient (Wildman–Crippen LogP) is 3.73. The second-order valence-electron chi connectivity index (χ2n) is 8.03. The van der Waals surface area contributed by atoms with Gasteiger partial charge in [-0.3, -0.25) is 4.90 Å². The number of nitrogens with two attached hydrogens (primary N) is 1. The molecule has 2 N–H and O–H groups in total. The summed E-state index contributed by atoms with van der Waals surface area (Å²) in [5, 5.41) is 0. The molecule has 0 radical (unpaired) electrons. The maximum Gasteiger partial charge on any atom is 0.161 e. The zero-order valence-corrected chi connectivity index (χ0v) is 16.8. The van der Waals surface area contributed by atoms with Crippen molar-refractivity contribution in [2.75, 3.05) is 27.3 Å². The van der Waals surface area contributed by atoms with Crippen LogP contribution in [0.4, 0.5) is 0 Å². The molecule has 0 aromatic heterocycles. The van der Waals surface area contributed by atoms with E-state index in [0.717, 1.165) is 37.4 Å². The van der Waals surface area contributed by atoms with Gasteiger partial charge < -0.3 is 15.2 Å². The fourth-order valence-corrected chi connectivity index (χ4v) is 4.87. The molecule has 0 saturated carbocycles.